The lowest BCUT2D eigenvalue weighted by atomic mass is 10.2. The molecule has 4 rings (SSSR count). The van der Waals surface area contributed by atoms with Crippen molar-refractivity contribution in [1.82, 2.24) is 19.3 Å². The van der Waals surface area contributed by atoms with E-state index in [1.54, 1.807) is 0 Å². The first-order valence-electron chi connectivity index (χ1n) is 12.3. The number of anilines is 2. The summed E-state index contributed by atoms with van der Waals surface area (Å²) in [4.78, 5) is 37.2. The zero-order valence-corrected chi connectivity index (χ0v) is 24.0. The van der Waals surface area contributed by atoms with Gasteiger partial charge in [-0.05, 0) is 44.5 Å². The summed E-state index contributed by atoms with van der Waals surface area (Å²) >= 11 is 1.24. The molecule has 1 aliphatic heterocycles. The van der Waals surface area contributed by atoms with Crippen LogP contribution in [0.4, 0.5) is 10.9 Å². The van der Waals surface area contributed by atoms with Crippen molar-refractivity contribution in [2.75, 3.05) is 43.3 Å². The van der Waals surface area contributed by atoms with Crippen LogP contribution >= 0.6 is 11.3 Å². The summed E-state index contributed by atoms with van der Waals surface area (Å²) in [6.07, 6.45) is 3.66. The molecule has 0 saturated carbocycles. The molecule has 3 aromatic heterocycles. The monoisotopic (exact) mass is 576 g/mol. The maximum atomic E-state index is 13.0. The zero-order chi connectivity index (χ0) is 28.3. The highest BCUT2D eigenvalue weighted by Crippen LogP contribution is 2.28. The number of nitrogens with zero attached hydrogens (tertiary/aromatic N) is 4. The quantitative estimate of drug-likeness (QED) is 0.391. The number of nitrogens with one attached hydrogen (secondary N) is 2. The average Bonchev–Trinajstić information content (AvgIpc) is 3.53. The minimum absolute atomic E-state index is 0.0937. The fourth-order valence-electron chi connectivity index (χ4n) is 4.26. The number of amides is 2. The van der Waals surface area contributed by atoms with Crippen LogP contribution in [-0.4, -0.2) is 85.5 Å². The van der Waals surface area contributed by atoms with Gasteiger partial charge in [0.05, 0.1) is 36.3 Å². The summed E-state index contributed by atoms with van der Waals surface area (Å²) < 4.78 is 35.2. The van der Waals surface area contributed by atoms with Crippen LogP contribution in [0.2, 0.25) is 0 Å². The van der Waals surface area contributed by atoms with Gasteiger partial charge in [0.25, 0.3) is 11.8 Å². The second-order valence-corrected chi connectivity index (χ2v) is 12.3. The molecule has 0 aliphatic carbocycles. The van der Waals surface area contributed by atoms with E-state index in [1.165, 1.54) is 36.9 Å². The van der Waals surface area contributed by atoms with Gasteiger partial charge in [-0.15, -0.1) is 11.3 Å². The van der Waals surface area contributed by atoms with Crippen LogP contribution in [-0.2, 0) is 24.3 Å². The number of carbonyl (C=O) groups excluding carboxylic acids is 2. The molecule has 14 heteroatoms. The molecule has 3 atom stereocenters. The summed E-state index contributed by atoms with van der Waals surface area (Å²) in [6, 6.07) is 4.29. The van der Waals surface area contributed by atoms with Gasteiger partial charge in [-0.25, -0.2) is 18.4 Å². The third-order valence-corrected chi connectivity index (χ3v) is 7.71. The first kappa shape index (κ1) is 28.7. The Morgan fingerprint density at radius 2 is 1.92 bits per heavy atom. The molecular weight excluding hydrogens is 544 g/mol. The number of aromatic nitrogens is 3. The number of morpholine rings is 1. The molecule has 39 heavy (non-hydrogen) atoms. The zero-order valence-electron chi connectivity index (χ0n) is 22.4. The van der Waals surface area contributed by atoms with Gasteiger partial charge in [-0.1, -0.05) is 0 Å². The fraction of sp³-hybridized carbons (Fsp3) is 0.440. The highest BCUT2D eigenvalue weighted by atomic mass is 32.2. The molecule has 0 spiro atoms. The van der Waals surface area contributed by atoms with Gasteiger partial charge in [-0.3, -0.25) is 13.6 Å². The topological polar surface area (TPSA) is 145 Å². The smallest absolute Gasteiger partial charge is 0.253 e. The minimum atomic E-state index is -3.54. The molecule has 0 aromatic carbocycles. The van der Waals surface area contributed by atoms with Crippen LogP contribution < -0.4 is 15.5 Å². The van der Waals surface area contributed by atoms with Gasteiger partial charge in [0.2, 0.25) is 10.0 Å². The number of methoxy groups -OCH3 is 1. The van der Waals surface area contributed by atoms with Gasteiger partial charge in [-0.2, -0.15) is 0 Å². The number of thiazole rings is 1. The summed E-state index contributed by atoms with van der Waals surface area (Å²) in [6.45, 7) is 7.47. The van der Waals surface area contributed by atoms with Gasteiger partial charge < -0.3 is 25.0 Å². The van der Waals surface area contributed by atoms with Crippen LogP contribution in [0.15, 0.2) is 36.0 Å². The first-order chi connectivity index (χ1) is 18.4. The van der Waals surface area contributed by atoms with E-state index in [9.17, 15) is 18.0 Å². The SMILES string of the molecule is COC[C@H](NC(=O)c1ccn(S(C)(=O)=O)c1)C(=O)Nc1nc(-c2cc(C)cc(N3C[C@@H](C)O[C@@H](C)C3)n2)cs1. The predicted octanol–water partition coefficient (Wildman–Crippen LogP) is 2.12. The van der Waals surface area contributed by atoms with E-state index in [2.05, 4.69) is 20.5 Å². The first-order valence-corrected chi connectivity index (χ1v) is 15.0. The molecule has 1 fully saturated rings. The molecule has 2 amide bonds. The number of hydrogen-bond donors (Lipinski definition) is 2. The van der Waals surface area contributed by atoms with Crippen molar-refractivity contribution < 1.29 is 27.5 Å². The van der Waals surface area contributed by atoms with Gasteiger partial charge in [0, 0.05) is 38.0 Å². The summed E-state index contributed by atoms with van der Waals surface area (Å²) in [5, 5.41) is 7.45. The fourth-order valence-corrected chi connectivity index (χ4v) is 5.55. The van der Waals surface area contributed by atoms with Crippen molar-refractivity contribution in [1.29, 1.82) is 0 Å². The minimum Gasteiger partial charge on any atom is -0.382 e. The standard InChI is InChI=1S/C25H32N6O6S2/c1-15-8-19(26-22(9-15)30-10-16(2)37-17(3)11-30)21-14-38-25(28-21)29-24(33)20(13-36-4)27-23(32)18-6-7-31(12-18)39(5,34)35/h6-9,12,14,16-17,20H,10-11,13H2,1-5H3,(H,27,32)(H,28,29,33)/t16-,17+,20-/m0/s1. The molecule has 4 heterocycles. The third-order valence-electron chi connectivity index (χ3n) is 5.96. The van der Waals surface area contributed by atoms with Crippen molar-refractivity contribution in [3.63, 3.8) is 0 Å². The lowest BCUT2D eigenvalue weighted by Gasteiger charge is -2.36. The Labute approximate surface area is 231 Å². The van der Waals surface area contributed by atoms with Crippen molar-refractivity contribution >= 4 is 44.1 Å². The van der Waals surface area contributed by atoms with Gasteiger partial charge in [0.15, 0.2) is 5.13 Å². The molecule has 0 unspecified atom stereocenters. The Morgan fingerprint density at radius 3 is 2.56 bits per heavy atom. The molecule has 210 valence electrons. The van der Waals surface area contributed by atoms with E-state index in [1.807, 2.05) is 38.3 Å². The summed E-state index contributed by atoms with van der Waals surface area (Å²) in [5.74, 6) is -0.293. The Balaban J connectivity index is 1.46. The van der Waals surface area contributed by atoms with E-state index in [4.69, 9.17) is 14.5 Å². The lowest BCUT2D eigenvalue weighted by Crippen LogP contribution is -2.46. The lowest BCUT2D eigenvalue weighted by molar-refractivity contribution is -0.119. The second-order valence-electron chi connectivity index (χ2n) is 9.55. The Kier molecular flexibility index (Phi) is 8.69. The number of aryl methyl sites for hydroxylation is 1. The van der Waals surface area contributed by atoms with Gasteiger partial charge >= 0.3 is 0 Å². The largest absolute Gasteiger partial charge is 0.382 e. The number of carbonyl (C=O) groups is 2. The maximum Gasteiger partial charge on any atom is 0.253 e. The molecule has 0 bridgehead atoms. The van der Waals surface area contributed by atoms with Crippen LogP contribution in [0.5, 0.6) is 0 Å². The Bertz CT molecular complexity index is 1440. The number of hydrogen-bond acceptors (Lipinski definition) is 10. The predicted molar refractivity (Wildman–Crippen MR) is 149 cm³/mol. The van der Waals surface area contributed by atoms with Crippen LogP contribution in [0, 0.1) is 6.92 Å². The van der Waals surface area contributed by atoms with E-state index < -0.39 is 27.9 Å². The molecule has 12 nitrogen and oxygen atoms in total. The molecule has 0 radical (unpaired) electrons. The number of pyridine rings is 1. The van der Waals surface area contributed by atoms with Crippen molar-refractivity contribution in [2.24, 2.45) is 0 Å². The van der Waals surface area contributed by atoms with E-state index >= 15 is 0 Å². The summed E-state index contributed by atoms with van der Waals surface area (Å²) in [7, 11) is -2.13. The number of ether oxygens (including phenoxy) is 2. The summed E-state index contributed by atoms with van der Waals surface area (Å²) in [5.41, 5.74) is 2.43. The normalized spacial score (nSPS) is 18.5. The van der Waals surface area contributed by atoms with Crippen molar-refractivity contribution in [3.05, 3.63) is 47.1 Å². The highest BCUT2D eigenvalue weighted by molar-refractivity contribution is 7.89. The average molecular weight is 577 g/mol. The van der Waals surface area contributed by atoms with E-state index in [0.29, 0.717) is 16.5 Å². The highest BCUT2D eigenvalue weighted by Gasteiger charge is 2.25. The van der Waals surface area contributed by atoms with Gasteiger partial charge in [0.1, 0.15) is 17.6 Å². The van der Waals surface area contributed by atoms with Crippen molar-refractivity contribution in [3.8, 4) is 11.4 Å². The molecule has 3 aromatic rings. The Hall–Kier alpha value is -3.33. The second kappa shape index (κ2) is 11.8. The molecule has 1 aliphatic rings. The van der Waals surface area contributed by atoms with Crippen molar-refractivity contribution in [2.45, 2.75) is 39.0 Å². The van der Waals surface area contributed by atoms with Crippen LogP contribution in [0.3, 0.4) is 0 Å². The molecule has 1 saturated heterocycles. The molecule has 2 N–H and O–H groups in total. The van der Waals surface area contributed by atoms with Crippen LogP contribution in [0.25, 0.3) is 11.4 Å². The van der Waals surface area contributed by atoms with E-state index in [-0.39, 0.29) is 24.4 Å². The van der Waals surface area contributed by atoms with Crippen LogP contribution in [0.1, 0.15) is 29.8 Å². The third kappa shape index (κ3) is 7.20. The maximum absolute atomic E-state index is 13.0. The molecular formula is C25H32N6O6S2. The number of rotatable bonds is 9. The van der Waals surface area contributed by atoms with E-state index in [0.717, 1.165) is 34.7 Å². The Morgan fingerprint density at radius 1 is 1.21 bits per heavy atom.